The Labute approximate surface area is 154 Å². The molecule has 0 atom stereocenters. The van der Waals surface area contributed by atoms with Gasteiger partial charge in [0, 0.05) is 45.8 Å². The van der Waals surface area contributed by atoms with Gasteiger partial charge in [0.2, 0.25) is 0 Å². The maximum atomic E-state index is 13.8. The van der Waals surface area contributed by atoms with Gasteiger partial charge in [-0.15, -0.1) is 24.0 Å². The van der Waals surface area contributed by atoms with E-state index in [1.165, 1.54) is 12.1 Å². The molecule has 2 rings (SSSR count). The van der Waals surface area contributed by atoms with E-state index in [1.807, 2.05) is 4.90 Å². The average Bonchev–Trinajstić information content (AvgIpc) is 2.51. The fourth-order valence-electron chi connectivity index (χ4n) is 2.52. The molecule has 1 aliphatic heterocycles. The second-order valence-corrected chi connectivity index (χ2v) is 5.89. The number of halogens is 3. The molecular weight excluding hydrogens is 413 g/mol. The van der Waals surface area contributed by atoms with Crippen LogP contribution in [0.2, 0.25) is 0 Å². The molecule has 7 heteroatoms. The Bertz CT molecular complexity index is 529. The van der Waals surface area contributed by atoms with Gasteiger partial charge in [0.1, 0.15) is 11.6 Å². The van der Waals surface area contributed by atoms with Crippen molar-refractivity contribution >= 4 is 35.6 Å². The van der Waals surface area contributed by atoms with Crippen LogP contribution in [0, 0.1) is 17.6 Å². The monoisotopic (exact) mass is 438 g/mol. The second kappa shape index (κ2) is 9.24. The molecule has 23 heavy (non-hydrogen) atoms. The Hall–Kier alpha value is -1.12. The molecule has 1 saturated heterocycles. The van der Waals surface area contributed by atoms with E-state index in [4.69, 9.17) is 0 Å². The zero-order valence-corrected chi connectivity index (χ0v) is 16.2. The number of aliphatic imine (C=N–C) groups is 1. The van der Waals surface area contributed by atoms with Crippen LogP contribution in [-0.4, -0.2) is 50.6 Å². The van der Waals surface area contributed by atoms with Gasteiger partial charge in [-0.1, -0.05) is 13.8 Å². The highest BCUT2D eigenvalue weighted by Gasteiger charge is 2.21. The highest BCUT2D eigenvalue weighted by Crippen LogP contribution is 2.21. The molecule has 0 radical (unpaired) electrons. The number of piperazine rings is 1. The second-order valence-electron chi connectivity index (χ2n) is 5.89. The predicted molar refractivity (Wildman–Crippen MR) is 102 cm³/mol. The Morgan fingerprint density at radius 2 is 1.87 bits per heavy atom. The highest BCUT2D eigenvalue weighted by atomic mass is 127. The van der Waals surface area contributed by atoms with E-state index in [-0.39, 0.29) is 29.8 Å². The standard InChI is InChI=1S/C16H24F2N4.HI/c1-12(2)11-20-16(19-3)22-8-6-21(7-9-22)15-10-13(17)4-5-14(15)18;/h4-5,10,12H,6-9,11H2,1-3H3,(H,19,20);1H. The van der Waals surface area contributed by atoms with E-state index in [1.54, 1.807) is 7.05 Å². The number of hydrogen-bond acceptors (Lipinski definition) is 2. The molecule has 4 nitrogen and oxygen atoms in total. The number of nitrogens with zero attached hydrogens (tertiary/aromatic N) is 3. The first-order valence-corrected chi connectivity index (χ1v) is 7.67. The first kappa shape index (κ1) is 19.9. The zero-order chi connectivity index (χ0) is 16.1. The van der Waals surface area contributed by atoms with Crippen LogP contribution >= 0.6 is 24.0 Å². The van der Waals surface area contributed by atoms with Crippen LogP contribution in [0.5, 0.6) is 0 Å². The van der Waals surface area contributed by atoms with Crippen LogP contribution in [-0.2, 0) is 0 Å². The van der Waals surface area contributed by atoms with Gasteiger partial charge in [0.05, 0.1) is 5.69 Å². The average molecular weight is 438 g/mol. The summed E-state index contributed by atoms with van der Waals surface area (Å²) in [5.74, 6) is 0.623. The summed E-state index contributed by atoms with van der Waals surface area (Å²) in [4.78, 5) is 8.32. The molecule has 1 aliphatic rings. The maximum Gasteiger partial charge on any atom is 0.193 e. The van der Waals surface area contributed by atoms with Crippen LogP contribution in [0.15, 0.2) is 23.2 Å². The van der Waals surface area contributed by atoms with Gasteiger partial charge in [-0.3, -0.25) is 4.99 Å². The Balaban J connectivity index is 0.00000264. The third-order valence-electron chi connectivity index (χ3n) is 3.71. The number of guanidine groups is 1. The molecule has 1 aromatic rings. The molecule has 0 aromatic heterocycles. The Morgan fingerprint density at radius 1 is 1.22 bits per heavy atom. The third-order valence-corrected chi connectivity index (χ3v) is 3.71. The predicted octanol–water partition coefficient (Wildman–Crippen LogP) is 2.94. The van der Waals surface area contributed by atoms with Gasteiger partial charge in [0.25, 0.3) is 0 Å². The molecule has 1 fully saturated rings. The Morgan fingerprint density at radius 3 is 2.43 bits per heavy atom. The highest BCUT2D eigenvalue weighted by molar-refractivity contribution is 14.0. The molecular formula is C16H25F2IN4. The van der Waals surface area contributed by atoms with Gasteiger partial charge >= 0.3 is 0 Å². The molecule has 0 bridgehead atoms. The van der Waals surface area contributed by atoms with Gasteiger partial charge in [-0.05, 0) is 18.1 Å². The smallest absolute Gasteiger partial charge is 0.193 e. The normalized spacial score (nSPS) is 15.7. The summed E-state index contributed by atoms with van der Waals surface area (Å²) in [6, 6.07) is 3.59. The Kier molecular flexibility index (Phi) is 8.01. The van der Waals surface area contributed by atoms with E-state index < -0.39 is 5.82 Å². The fourth-order valence-corrected chi connectivity index (χ4v) is 2.52. The van der Waals surface area contributed by atoms with Crippen molar-refractivity contribution in [2.45, 2.75) is 13.8 Å². The van der Waals surface area contributed by atoms with Gasteiger partial charge in [-0.2, -0.15) is 0 Å². The first-order chi connectivity index (χ1) is 10.5. The van der Waals surface area contributed by atoms with Crippen molar-refractivity contribution in [3.63, 3.8) is 0 Å². The van der Waals surface area contributed by atoms with Gasteiger partial charge in [0.15, 0.2) is 5.96 Å². The lowest BCUT2D eigenvalue weighted by molar-refractivity contribution is 0.368. The van der Waals surface area contributed by atoms with Crippen molar-refractivity contribution in [1.29, 1.82) is 0 Å². The van der Waals surface area contributed by atoms with Crippen LogP contribution < -0.4 is 10.2 Å². The van der Waals surface area contributed by atoms with Gasteiger partial charge < -0.3 is 15.1 Å². The molecule has 1 N–H and O–H groups in total. The minimum atomic E-state index is -0.409. The lowest BCUT2D eigenvalue weighted by Crippen LogP contribution is -2.53. The lowest BCUT2D eigenvalue weighted by Gasteiger charge is -2.37. The summed E-state index contributed by atoms with van der Waals surface area (Å²) in [6.45, 7) is 7.90. The molecule has 0 aliphatic carbocycles. The SMILES string of the molecule is CN=C(NCC(C)C)N1CCN(c2cc(F)ccc2F)CC1.I. The van der Waals surface area contributed by atoms with Crippen molar-refractivity contribution in [2.75, 3.05) is 44.7 Å². The summed E-state index contributed by atoms with van der Waals surface area (Å²) < 4.78 is 27.1. The van der Waals surface area contributed by atoms with Crippen LogP contribution in [0.1, 0.15) is 13.8 Å². The summed E-state index contributed by atoms with van der Waals surface area (Å²) >= 11 is 0. The van der Waals surface area contributed by atoms with Crippen molar-refractivity contribution in [3.05, 3.63) is 29.8 Å². The maximum absolute atomic E-state index is 13.8. The molecule has 1 heterocycles. The summed E-state index contributed by atoms with van der Waals surface area (Å²) in [5.41, 5.74) is 0.338. The molecule has 0 spiro atoms. The number of nitrogens with one attached hydrogen (secondary N) is 1. The number of rotatable bonds is 3. The van der Waals surface area contributed by atoms with Gasteiger partial charge in [-0.25, -0.2) is 8.78 Å². The van der Waals surface area contributed by atoms with Crippen molar-refractivity contribution < 1.29 is 8.78 Å². The van der Waals surface area contributed by atoms with E-state index in [0.717, 1.165) is 31.7 Å². The molecule has 0 saturated carbocycles. The van der Waals surface area contributed by atoms with Crippen molar-refractivity contribution in [3.8, 4) is 0 Å². The van der Waals surface area contributed by atoms with Crippen molar-refractivity contribution in [1.82, 2.24) is 10.2 Å². The molecule has 0 amide bonds. The zero-order valence-electron chi connectivity index (χ0n) is 13.9. The largest absolute Gasteiger partial charge is 0.366 e. The topological polar surface area (TPSA) is 30.9 Å². The van der Waals surface area contributed by atoms with E-state index in [0.29, 0.717) is 24.7 Å². The number of anilines is 1. The minimum absolute atomic E-state index is 0. The summed E-state index contributed by atoms with van der Waals surface area (Å²) in [5, 5.41) is 3.34. The van der Waals surface area contributed by atoms with Crippen LogP contribution in [0.3, 0.4) is 0 Å². The number of hydrogen-bond donors (Lipinski definition) is 1. The van der Waals surface area contributed by atoms with E-state index in [2.05, 4.69) is 29.1 Å². The van der Waals surface area contributed by atoms with Crippen LogP contribution in [0.4, 0.5) is 14.5 Å². The molecule has 1 aromatic carbocycles. The fraction of sp³-hybridized carbons (Fsp3) is 0.562. The number of benzene rings is 1. The molecule has 0 unspecified atom stereocenters. The van der Waals surface area contributed by atoms with E-state index in [9.17, 15) is 8.78 Å². The minimum Gasteiger partial charge on any atom is -0.366 e. The summed E-state index contributed by atoms with van der Waals surface area (Å²) in [7, 11) is 1.77. The quantitative estimate of drug-likeness (QED) is 0.448. The first-order valence-electron chi connectivity index (χ1n) is 7.67. The summed E-state index contributed by atoms with van der Waals surface area (Å²) in [6.07, 6.45) is 0. The lowest BCUT2D eigenvalue weighted by atomic mass is 10.2. The molecule has 130 valence electrons. The van der Waals surface area contributed by atoms with E-state index >= 15 is 0 Å². The third kappa shape index (κ3) is 5.47. The van der Waals surface area contributed by atoms with Crippen LogP contribution in [0.25, 0.3) is 0 Å². The van der Waals surface area contributed by atoms with Crippen molar-refractivity contribution in [2.24, 2.45) is 10.9 Å².